The highest BCUT2D eigenvalue weighted by molar-refractivity contribution is 7.21. The van der Waals surface area contributed by atoms with Crippen LogP contribution >= 0.6 is 11.3 Å². The smallest absolute Gasteiger partial charge is 0.332 e. The van der Waals surface area contributed by atoms with Gasteiger partial charge in [-0.3, -0.25) is 14.2 Å². The molecule has 12 nitrogen and oxygen atoms in total. The Bertz CT molecular complexity index is 2420. The van der Waals surface area contributed by atoms with Crippen LogP contribution in [0.15, 0.2) is 101 Å². The number of benzene rings is 3. The predicted octanol–water partition coefficient (Wildman–Crippen LogP) is 5.00. The van der Waals surface area contributed by atoms with Crippen LogP contribution in [0, 0.1) is 12.7 Å². The Balaban J connectivity index is 1.32. The van der Waals surface area contributed by atoms with E-state index in [1.165, 1.54) is 63.3 Å². The molecule has 1 fully saturated rings. The molecule has 7 rings (SSSR count). The first-order chi connectivity index (χ1) is 26.9. The lowest BCUT2D eigenvalue weighted by Crippen LogP contribution is -2.66. The molecule has 6 aromatic rings. The maximum Gasteiger partial charge on any atom is 0.332 e. The fraction of sp³-hybridized carbons (Fsp3) is 0.341. The predicted molar refractivity (Wildman–Crippen MR) is 217 cm³/mol. The van der Waals surface area contributed by atoms with Crippen LogP contribution in [0.4, 0.5) is 4.39 Å². The highest BCUT2D eigenvalue weighted by Gasteiger charge is 2.50. The quantitative estimate of drug-likeness (QED) is 0.118. The van der Waals surface area contributed by atoms with Gasteiger partial charge in [-0.1, -0.05) is 92.8 Å². The fourth-order valence-corrected chi connectivity index (χ4v) is 13.6. The lowest BCUT2D eigenvalue weighted by molar-refractivity contribution is -0.129. The maximum atomic E-state index is 15.1. The van der Waals surface area contributed by atoms with Gasteiger partial charge in [-0.2, -0.15) is 10.2 Å². The topological polar surface area (TPSA) is 123 Å². The minimum atomic E-state index is -2.92. The van der Waals surface area contributed by atoms with Crippen LogP contribution in [-0.2, 0) is 20.5 Å². The first-order valence-corrected chi connectivity index (χ1v) is 21.2. The second-order valence-electron chi connectivity index (χ2n) is 14.9. The summed E-state index contributed by atoms with van der Waals surface area (Å²) in [4.78, 5) is 45.6. The molecule has 56 heavy (non-hydrogen) atoms. The van der Waals surface area contributed by atoms with Gasteiger partial charge >= 0.3 is 5.69 Å². The number of ether oxygens (including phenoxy) is 2. The van der Waals surface area contributed by atoms with Gasteiger partial charge < -0.3 is 18.8 Å². The van der Waals surface area contributed by atoms with Gasteiger partial charge in [0.25, 0.3) is 13.9 Å². The molecule has 0 radical (unpaired) electrons. The maximum absolute atomic E-state index is 15.1. The van der Waals surface area contributed by atoms with Crippen molar-refractivity contribution in [1.82, 2.24) is 29.0 Å². The average molecular weight is 797 g/mol. The van der Waals surface area contributed by atoms with Crippen LogP contribution in [0.1, 0.15) is 50.5 Å². The molecule has 1 aliphatic heterocycles. The molecule has 15 heteroatoms. The molecule has 1 aliphatic rings. The van der Waals surface area contributed by atoms with Gasteiger partial charge in [0.05, 0.1) is 44.6 Å². The number of carbonyl (C=O) groups excluding carboxylic acids is 1. The van der Waals surface area contributed by atoms with Gasteiger partial charge in [-0.05, 0) is 47.0 Å². The average Bonchev–Trinajstić information content (AvgIpc) is 3.92. The molecule has 3 aromatic carbocycles. The van der Waals surface area contributed by atoms with Crippen molar-refractivity contribution >= 4 is 46.2 Å². The number of nitrogens with zero attached hydrogens (tertiary/aromatic N) is 6. The van der Waals surface area contributed by atoms with Crippen LogP contribution in [-0.4, -0.2) is 77.2 Å². The number of thiophene rings is 1. The standard InChI is InChI=1S/C41H45FN6O6SSi/c1-27-35-37(50)47(32-19-22-45(5)36(32)49)40(51)46(39(35)55-38(27)48-43-20-21-44-48)26-34(31-25-28(42)17-18-33(31)52-6)53-23-24-54-56(41(2,3)4,29-13-9-7-10-14-29)30-15-11-8-12-16-30/h7-18,20-21,25,32,34H,19,22-24,26H2,1-6H3/t32-,34+/m1/s1. The number of aryl methyl sites for hydroxylation is 1. The number of carbonyl (C=O) groups is 1. The lowest BCUT2D eigenvalue weighted by atomic mass is 10.1. The largest absolute Gasteiger partial charge is 0.496 e. The third kappa shape index (κ3) is 6.93. The zero-order valence-electron chi connectivity index (χ0n) is 32.3. The minimum absolute atomic E-state index is 0.0736. The third-order valence-corrected chi connectivity index (χ3v) is 16.9. The Morgan fingerprint density at radius 1 is 0.946 bits per heavy atom. The highest BCUT2D eigenvalue weighted by Crippen LogP contribution is 2.38. The highest BCUT2D eigenvalue weighted by atomic mass is 32.1. The van der Waals surface area contributed by atoms with Crippen molar-refractivity contribution in [2.45, 2.75) is 57.8 Å². The summed E-state index contributed by atoms with van der Waals surface area (Å²) in [7, 11) is 0.210. The Morgan fingerprint density at radius 2 is 1.59 bits per heavy atom. The summed E-state index contributed by atoms with van der Waals surface area (Å²) < 4.78 is 37.0. The summed E-state index contributed by atoms with van der Waals surface area (Å²) >= 11 is 1.18. The molecular weight excluding hydrogens is 752 g/mol. The summed E-state index contributed by atoms with van der Waals surface area (Å²) in [5, 5.41) is 11.3. The van der Waals surface area contributed by atoms with Gasteiger partial charge in [-0.15, -0.1) is 4.80 Å². The number of rotatable bonds is 13. The number of halogens is 1. The Labute approximate surface area is 328 Å². The van der Waals surface area contributed by atoms with Crippen molar-refractivity contribution in [3.63, 3.8) is 0 Å². The van der Waals surface area contributed by atoms with Crippen molar-refractivity contribution in [2.75, 3.05) is 33.9 Å². The molecule has 0 aliphatic carbocycles. The van der Waals surface area contributed by atoms with E-state index in [1.54, 1.807) is 14.0 Å². The fourth-order valence-electron chi connectivity index (χ4n) is 7.85. The molecule has 0 unspecified atom stereocenters. The molecule has 0 N–H and O–H groups in total. The molecule has 3 aromatic heterocycles. The minimum Gasteiger partial charge on any atom is -0.496 e. The number of fused-ring (bicyclic) bond motifs is 1. The lowest BCUT2D eigenvalue weighted by Gasteiger charge is -2.43. The number of hydrogen-bond donors (Lipinski definition) is 0. The van der Waals surface area contributed by atoms with Crippen molar-refractivity contribution in [3.8, 4) is 10.8 Å². The van der Waals surface area contributed by atoms with E-state index in [9.17, 15) is 14.4 Å². The second kappa shape index (κ2) is 15.7. The monoisotopic (exact) mass is 796 g/mol. The summed E-state index contributed by atoms with van der Waals surface area (Å²) in [6, 6.07) is 23.7. The van der Waals surface area contributed by atoms with Crippen LogP contribution in [0.25, 0.3) is 15.2 Å². The van der Waals surface area contributed by atoms with Crippen LogP contribution in [0.3, 0.4) is 0 Å². The first kappa shape index (κ1) is 39.0. The van der Waals surface area contributed by atoms with E-state index < -0.39 is 37.5 Å². The number of hydrogen-bond acceptors (Lipinski definition) is 9. The third-order valence-electron chi connectivity index (χ3n) is 10.6. The molecule has 4 heterocycles. The summed E-state index contributed by atoms with van der Waals surface area (Å²) in [6.45, 7) is 8.85. The SMILES string of the molecule is COc1ccc(F)cc1[C@H](Cn1c(=O)n([C@@H]2CCN(C)C2=O)c(=O)c2c(C)c(-n3nccn3)sc21)OCCO[Si](c1ccccc1)(c1ccccc1)C(C)(C)C. The van der Waals surface area contributed by atoms with Crippen LogP contribution in [0.2, 0.25) is 5.04 Å². The summed E-state index contributed by atoms with van der Waals surface area (Å²) in [5.41, 5.74) is -0.312. The van der Waals surface area contributed by atoms with E-state index >= 15 is 4.39 Å². The Morgan fingerprint density at radius 3 is 2.16 bits per heavy atom. The molecule has 0 bridgehead atoms. The van der Waals surface area contributed by atoms with Gasteiger partial charge in [0.2, 0.25) is 5.91 Å². The van der Waals surface area contributed by atoms with Gasteiger partial charge in [-0.25, -0.2) is 13.8 Å². The number of amides is 1. The van der Waals surface area contributed by atoms with Gasteiger partial charge in [0.1, 0.15) is 33.5 Å². The van der Waals surface area contributed by atoms with Crippen molar-refractivity contribution < 1.29 is 23.1 Å². The van der Waals surface area contributed by atoms with E-state index in [1.807, 2.05) is 36.4 Å². The molecular formula is C41H45FN6O6SSi. The summed E-state index contributed by atoms with van der Waals surface area (Å²) in [5.74, 6) is -0.477. The Hall–Kier alpha value is -5.22. The number of aromatic nitrogens is 5. The van der Waals surface area contributed by atoms with E-state index in [-0.39, 0.29) is 36.1 Å². The molecule has 0 saturated carbocycles. The van der Waals surface area contributed by atoms with Crippen molar-refractivity contribution in [3.05, 3.63) is 129 Å². The Kier molecular flexibility index (Phi) is 11.0. The molecule has 1 amide bonds. The van der Waals surface area contributed by atoms with Gasteiger partial charge in [0.15, 0.2) is 0 Å². The zero-order valence-corrected chi connectivity index (χ0v) is 34.1. The number of likely N-dealkylation sites (tertiary alicyclic amines) is 1. The first-order valence-electron chi connectivity index (χ1n) is 18.5. The van der Waals surface area contributed by atoms with E-state index in [0.29, 0.717) is 39.7 Å². The normalized spacial score (nSPS) is 15.5. The van der Waals surface area contributed by atoms with Gasteiger partial charge in [0, 0.05) is 24.7 Å². The molecule has 0 spiro atoms. The van der Waals surface area contributed by atoms with Crippen molar-refractivity contribution in [2.24, 2.45) is 0 Å². The van der Waals surface area contributed by atoms with Crippen molar-refractivity contribution in [1.29, 1.82) is 0 Å². The molecule has 2 atom stereocenters. The van der Waals surface area contributed by atoms with E-state index in [4.69, 9.17) is 13.9 Å². The van der Waals surface area contributed by atoms with E-state index in [2.05, 4.69) is 55.2 Å². The number of likely N-dealkylation sites (N-methyl/N-ethyl adjacent to an activating group) is 1. The van der Waals surface area contributed by atoms with Crippen LogP contribution in [0.5, 0.6) is 5.75 Å². The van der Waals surface area contributed by atoms with Crippen LogP contribution < -0.4 is 26.4 Å². The molecule has 1 saturated heterocycles. The second-order valence-corrected chi connectivity index (χ2v) is 20.2. The molecule has 292 valence electrons. The zero-order chi connectivity index (χ0) is 39.8. The van der Waals surface area contributed by atoms with E-state index in [0.717, 1.165) is 14.9 Å². The summed E-state index contributed by atoms with van der Waals surface area (Å²) in [6.07, 6.45) is 2.39. The number of methoxy groups -OCH3 is 1.